The van der Waals surface area contributed by atoms with Crippen LogP contribution < -0.4 is 0 Å². The van der Waals surface area contributed by atoms with Gasteiger partial charge < -0.3 is 9.84 Å². The molecule has 0 heterocycles. The molecule has 0 aliphatic heterocycles. The molecule has 0 aromatic rings. The minimum Gasteiger partial charge on any atom is -0.396 e. The summed E-state index contributed by atoms with van der Waals surface area (Å²) in [7, 11) is 0. The van der Waals surface area contributed by atoms with E-state index in [0.717, 1.165) is 19.4 Å². The molecule has 122 valence electrons. The van der Waals surface area contributed by atoms with Crippen molar-refractivity contribution in [2.24, 2.45) is 0 Å². The predicted octanol–water partition coefficient (Wildman–Crippen LogP) is 5.48. The van der Waals surface area contributed by atoms with Crippen molar-refractivity contribution in [2.45, 2.75) is 103 Å². The van der Waals surface area contributed by atoms with Crippen molar-refractivity contribution in [3.05, 3.63) is 0 Å². The van der Waals surface area contributed by atoms with Gasteiger partial charge >= 0.3 is 0 Å². The number of rotatable bonds is 15. The molecule has 0 saturated carbocycles. The smallest absolute Gasteiger partial charge is 0.0648 e. The first kappa shape index (κ1) is 19.9. The Labute approximate surface area is 127 Å². The number of aliphatic hydroxyl groups is 1. The van der Waals surface area contributed by atoms with Gasteiger partial charge in [0, 0.05) is 13.2 Å². The van der Waals surface area contributed by atoms with Crippen molar-refractivity contribution in [2.75, 3.05) is 13.2 Å². The maximum absolute atomic E-state index is 8.91. The summed E-state index contributed by atoms with van der Waals surface area (Å²) < 4.78 is 5.79. The summed E-state index contributed by atoms with van der Waals surface area (Å²) in [5.74, 6) is 0. The van der Waals surface area contributed by atoms with E-state index in [1.165, 1.54) is 64.2 Å². The fourth-order valence-electron chi connectivity index (χ4n) is 2.46. The van der Waals surface area contributed by atoms with Gasteiger partial charge in [0.1, 0.15) is 0 Å². The zero-order valence-corrected chi connectivity index (χ0v) is 14.3. The molecule has 0 atom stereocenters. The van der Waals surface area contributed by atoms with Crippen molar-refractivity contribution >= 4 is 0 Å². The molecular weight excluding hydrogens is 248 g/mol. The Morgan fingerprint density at radius 3 is 1.65 bits per heavy atom. The van der Waals surface area contributed by atoms with E-state index < -0.39 is 0 Å². The third kappa shape index (κ3) is 14.3. The van der Waals surface area contributed by atoms with Crippen LogP contribution in [0.25, 0.3) is 0 Å². The molecule has 0 aromatic carbocycles. The standard InChI is InChI=1S/C18H38O2/c1-4-5-6-7-8-9-10-11-12-13-14-17-20-18(2,3)15-16-19/h19H,4-17H2,1-3H3. The van der Waals surface area contributed by atoms with E-state index in [2.05, 4.69) is 20.8 Å². The van der Waals surface area contributed by atoms with Gasteiger partial charge in [-0.15, -0.1) is 0 Å². The first-order chi connectivity index (χ1) is 9.62. The number of hydrogen-bond acceptors (Lipinski definition) is 2. The molecule has 0 fully saturated rings. The summed E-state index contributed by atoms with van der Waals surface area (Å²) >= 11 is 0. The number of ether oxygens (including phenoxy) is 1. The van der Waals surface area contributed by atoms with Crippen molar-refractivity contribution in [3.8, 4) is 0 Å². The highest BCUT2D eigenvalue weighted by Gasteiger charge is 2.16. The van der Waals surface area contributed by atoms with Gasteiger partial charge in [0.2, 0.25) is 0 Å². The van der Waals surface area contributed by atoms with Gasteiger partial charge in [0.25, 0.3) is 0 Å². The number of unbranched alkanes of at least 4 members (excludes halogenated alkanes) is 10. The van der Waals surface area contributed by atoms with Crippen molar-refractivity contribution in [3.63, 3.8) is 0 Å². The van der Waals surface area contributed by atoms with E-state index in [1.54, 1.807) is 0 Å². The zero-order valence-electron chi connectivity index (χ0n) is 14.3. The number of hydrogen-bond donors (Lipinski definition) is 1. The highest BCUT2D eigenvalue weighted by atomic mass is 16.5. The van der Waals surface area contributed by atoms with Crippen LogP contribution in [0.3, 0.4) is 0 Å². The van der Waals surface area contributed by atoms with E-state index in [-0.39, 0.29) is 12.2 Å². The van der Waals surface area contributed by atoms with Gasteiger partial charge in [-0.05, 0) is 26.7 Å². The lowest BCUT2D eigenvalue weighted by Gasteiger charge is -2.24. The van der Waals surface area contributed by atoms with Crippen LogP contribution in [0, 0.1) is 0 Å². The lowest BCUT2D eigenvalue weighted by Crippen LogP contribution is -2.26. The molecule has 0 aliphatic carbocycles. The van der Waals surface area contributed by atoms with Crippen LogP contribution in [-0.4, -0.2) is 23.9 Å². The first-order valence-electron chi connectivity index (χ1n) is 8.87. The van der Waals surface area contributed by atoms with E-state index in [0.29, 0.717) is 0 Å². The van der Waals surface area contributed by atoms with Crippen molar-refractivity contribution < 1.29 is 9.84 Å². The normalized spacial score (nSPS) is 12.0. The molecule has 0 unspecified atom stereocenters. The van der Waals surface area contributed by atoms with Crippen molar-refractivity contribution in [1.29, 1.82) is 0 Å². The minimum atomic E-state index is -0.159. The monoisotopic (exact) mass is 286 g/mol. The fraction of sp³-hybridized carbons (Fsp3) is 1.00. The fourth-order valence-corrected chi connectivity index (χ4v) is 2.46. The Hall–Kier alpha value is -0.0800. The quantitative estimate of drug-likeness (QED) is 0.404. The second-order valence-electron chi connectivity index (χ2n) is 6.62. The lowest BCUT2D eigenvalue weighted by atomic mass is 10.1. The van der Waals surface area contributed by atoms with Gasteiger partial charge in [-0.3, -0.25) is 0 Å². The maximum Gasteiger partial charge on any atom is 0.0648 e. The van der Waals surface area contributed by atoms with Gasteiger partial charge in [-0.2, -0.15) is 0 Å². The average Bonchev–Trinajstić information content (AvgIpc) is 2.40. The average molecular weight is 286 g/mol. The molecule has 0 saturated heterocycles. The maximum atomic E-state index is 8.91. The third-order valence-corrected chi connectivity index (χ3v) is 3.95. The van der Waals surface area contributed by atoms with Gasteiger partial charge in [-0.1, -0.05) is 71.1 Å². The molecule has 0 amide bonds. The van der Waals surface area contributed by atoms with E-state index >= 15 is 0 Å². The second kappa shape index (κ2) is 13.9. The van der Waals surface area contributed by atoms with Crippen LogP contribution in [0.5, 0.6) is 0 Å². The molecule has 0 aliphatic rings. The molecule has 0 bridgehead atoms. The molecule has 20 heavy (non-hydrogen) atoms. The molecule has 0 spiro atoms. The Morgan fingerprint density at radius 2 is 1.20 bits per heavy atom. The molecule has 1 N–H and O–H groups in total. The summed E-state index contributed by atoms with van der Waals surface area (Å²) in [5.41, 5.74) is -0.159. The van der Waals surface area contributed by atoms with Crippen molar-refractivity contribution in [1.82, 2.24) is 0 Å². The van der Waals surface area contributed by atoms with Gasteiger partial charge in [0.05, 0.1) is 5.60 Å². The van der Waals surface area contributed by atoms with Gasteiger partial charge in [0.15, 0.2) is 0 Å². The van der Waals surface area contributed by atoms with Crippen LogP contribution in [0.2, 0.25) is 0 Å². The largest absolute Gasteiger partial charge is 0.396 e. The highest BCUT2D eigenvalue weighted by Crippen LogP contribution is 2.15. The van der Waals surface area contributed by atoms with Crippen LogP contribution >= 0.6 is 0 Å². The third-order valence-electron chi connectivity index (χ3n) is 3.95. The summed E-state index contributed by atoms with van der Waals surface area (Å²) in [5, 5.41) is 8.91. The summed E-state index contributed by atoms with van der Waals surface area (Å²) in [4.78, 5) is 0. The Kier molecular flexibility index (Phi) is 13.8. The predicted molar refractivity (Wildman–Crippen MR) is 88.2 cm³/mol. The summed E-state index contributed by atoms with van der Waals surface area (Å²) in [6.45, 7) is 7.44. The molecule has 2 nitrogen and oxygen atoms in total. The van der Waals surface area contributed by atoms with E-state index in [1.807, 2.05) is 0 Å². The summed E-state index contributed by atoms with van der Waals surface area (Å²) in [6.07, 6.45) is 15.8. The Balaban J connectivity index is 3.13. The minimum absolute atomic E-state index is 0.159. The van der Waals surface area contributed by atoms with Crippen LogP contribution in [0.4, 0.5) is 0 Å². The molecule has 0 rings (SSSR count). The molecular formula is C18H38O2. The van der Waals surface area contributed by atoms with E-state index in [4.69, 9.17) is 9.84 Å². The topological polar surface area (TPSA) is 29.5 Å². The second-order valence-corrected chi connectivity index (χ2v) is 6.62. The Morgan fingerprint density at radius 1 is 0.750 bits per heavy atom. The number of aliphatic hydroxyl groups excluding tert-OH is 1. The highest BCUT2D eigenvalue weighted by molar-refractivity contribution is 4.67. The molecule has 2 heteroatoms. The summed E-state index contributed by atoms with van der Waals surface area (Å²) in [6, 6.07) is 0. The van der Waals surface area contributed by atoms with Crippen LogP contribution in [0.1, 0.15) is 97.8 Å². The lowest BCUT2D eigenvalue weighted by molar-refractivity contribution is -0.0340. The van der Waals surface area contributed by atoms with Gasteiger partial charge in [-0.25, -0.2) is 0 Å². The zero-order chi connectivity index (χ0) is 15.1. The van der Waals surface area contributed by atoms with Crippen LogP contribution in [0.15, 0.2) is 0 Å². The molecule has 0 aromatic heterocycles. The Bertz CT molecular complexity index is 190. The van der Waals surface area contributed by atoms with E-state index in [9.17, 15) is 0 Å². The van der Waals surface area contributed by atoms with Crippen LogP contribution in [-0.2, 0) is 4.74 Å². The first-order valence-corrected chi connectivity index (χ1v) is 8.87. The SMILES string of the molecule is CCCCCCCCCCCCCOC(C)(C)CCO. The molecule has 0 radical (unpaired) electrons.